The van der Waals surface area contributed by atoms with Crippen molar-refractivity contribution in [2.24, 2.45) is 0 Å². The topological polar surface area (TPSA) is 46.5 Å². The highest BCUT2D eigenvalue weighted by Crippen LogP contribution is 2.34. The first-order chi connectivity index (χ1) is 9.42. The molecule has 0 atom stereocenters. The van der Waals surface area contributed by atoms with Crippen molar-refractivity contribution in [2.45, 2.75) is 31.6 Å². The SMILES string of the molecule is c1cn(-c2ccc3cn[nH]c3c2)c(C2CCCC2)n1. The van der Waals surface area contributed by atoms with Crippen molar-refractivity contribution in [1.29, 1.82) is 0 Å². The number of H-pyrrole nitrogens is 1. The Morgan fingerprint density at radius 3 is 3.00 bits per heavy atom. The van der Waals surface area contributed by atoms with E-state index in [0.717, 1.165) is 16.6 Å². The zero-order chi connectivity index (χ0) is 12.7. The molecule has 0 amide bonds. The zero-order valence-corrected chi connectivity index (χ0v) is 10.7. The van der Waals surface area contributed by atoms with E-state index in [1.807, 2.05) is 12.4 Å². The average Bonchev–Trinajstić information content (AvgIpc) is 3.18. The maximum Gasteiger partial charge on any atom is 0.116 e. The van der Waals surface area contributed by atoms with Crippen LogP contribution in [0, 0.1) is 0 Å². The van der Waals surface area contributed by atoms with Crippen LogP contribution in [0.4, 0.5) is 0 Å². The van der Waals surface area contributed by atoms with Gasteiger partial charge in [-0.05, 0) is 31.0 Å². The fraction of sp³-hybridized carbons (Fsp3) is 0.333. The van der Waals surface area contributed by atoms with Crippen molar-refractivity contribution in [2.75, 3.05) is 0 Å². The number of hydrogen-bond acceptors (Lipinski definition) is 2. The third kappa shape index (κ3) is 1.75. The minimum absolute atomic E-state index is 0.618. The van der Waals surface area contributed by atoms with Gasteiger partial charge in [-0.1, -0.05) is 12.8 Å². The molecule has 1 aliphatic rings. The fourth-order valence-corrected chi connectivity index (χ4v) is 3.09. The van der Waals surface area contributed by atoms with Crippen LogP contribution in [0.25, 0.3) is 16.6 Å². The van der Waals surface area contributed by atoms with Gasteiger partial charge in [0.1, 0.15) is 5.82 Å². The molecule has 2 heterocycles. The third-order valence-electron chi connectivity index (χ3n) is 4.09. The van der Waals surface area contributed by atoms with E-state index < -0.39 is 0 Å². The zero-order valence-electron chi connectivity index (χ0n) is 10.7. The number of nitrogens with one attached hydrogen (secondary N) is 1. The predicted molar refractivity (Wildman–Crippen MR) is 74.4 cm³/mol. The summed E-state index contributed by atoms with van der Waals surface area (Å²) in [5, 5.41) is 8.25. The summed E-state index contributed by atoms with van der Waals surface area (Å²) in [5.74, 6) is 1.82. The van der Waals surface area contributed by atoms with Crippen LogP contribution in [0.2, 0.25) is 0 Å². The average molecular weight is 252 g/mol. The van der Waals surface area contributed by atoms with E-state index in [4.69, 9.17) is 0 Å². The van der Waals surface area contributed by atoms with Crippen LogP contribution in [0.5, 0.6) is 0 Å². The van der Waals surface area contributed by atoms with Crippen LogP contribution < -0.4 is 0 Å². The standard InChI is InChI=1S/C15H16N4/c1-2-4-11(3-1)15-16-7-8-19(15)13-6-5-12-10-17-18-14(12)9-13/h5-11H,1-4H2,(H,17,18). The van der Waals surface area contributed by atoms with E-state index in [9.17, 15) is 0 Å². The first-order valence-electron chi connectivity index (χ1n) is 6.88. The lowest BCUT2D eigenvalue weighted by Crippen LogP contribution is -2.04. The molecule has 1 saturated carbocycles. The molecule has 4 heteroatoms. The van der Waals surface area contributed by atoms with E-state index in [1.165, 1.54) is 31.5 Å². The molecule has 2 aromatic heterocycles. The second-order valence-electron chi connectivity index (χ2n) is 5.28. The van der Waals surface area contributed by atoms with Gasteiger partial charge in [0.25, 0.3) is 0 Å². The van der Waals surface area contributed by atoms with Gasteiger partial charge < -0.3 is 4.57 Å². The molecule has 0 bridgehead atoms. The van der Waals surface area contributed by atoms with E-state index >= 15 is 0 Å². The number of aromatic amines is 1. The number of nitrogens with zero attached hydrogens (tertiary/aromatic N) is 3. The monoisotopic (exact) mass is 252 g/mol. The van der Waals surface area contributed by atoms with Gasteiger partial charge in [0.2, 0.25) is 0 Å². The van der Waals surface area contributed by atoms with Gasteiger partial charge in [-0.25, -0.2) is 4.98 Å². The quantitative estimate of drug-likeness (QED) is 0.759. The van der Waals surface area contributed by atoms with Gasteiger partial charge in [0.15, 0.2) is 0 Å². The molecule has 19 heavy (non-hydrogen) atoms. The van der Waals surface area contributed by atoms with Crippen LogP contribution in [-0.4, -0.2) is 19.7 Å². The van der Waals surface area contributed by atoms with Gasteiger partial charge in [0, 0.05) is 29.4 Å². The number of benzene rings is 1. The predicted octanol–water partition coefficient (Wildman–Crippen LogP) is 3.41. The van der Waals surface area contributed by atoms with Gasteiger partial charge >= 0.3 is 0 Å². The van der Waals surface area contributed by atoms with Crippen LogP contribution in [-0.2, 0) is 0 Å². The minimum Gasteiger partial charge on any atom is -0.303 e. The first-order valence-corrected chi connectivity index (χ1v) is 6.88. The molecule has 1 fully saturated rings. The summed E-state index contributed by atoms with van der Waals surface area (Å²) in [6.07, 6.45) is 11.0. The second kappa shape index (κ2) is 4.23. The molecular weight excluding hydrogens is 236 g/mol. The van der Waals surface area contributed by atoms with Gasteiger partial charge in [-0.3, -0.25) is 5.10 Å². The van der Waals surface area contributed by atoms with Crippen molar-refractivity contribution in [3.05, 3.63) is 42.6 Å². The summed E-state index contributed by atoms with van der Waals surface area (Å²) in [6, 6.07) is 6.38. The van der Waals surface area contributed by atoms with E-state index in [-0.39, 0.29) is 0 Å². The van der Waals surface area contributed by atoms with Crippen molar-refractivity contribution in [3.63, 3.8) is 0 Å². The molecule has 1 N–H and O–H groups in total. The molecule has 0 saturated heterocycles. The van der Waals surface area contributed by atoms with Gasteiger partial charge in [-0.15, -0.1) is 0 Å². The first kappa shape index (κ1) is 10.8. The molecule has 1 aliphatic carbocycles. The summed E-state index contributed by atoms with van der Waals surface area (Å²) in [7, 11) is 0. The highest BCUT2D eigenvalue weighted by molar-refractivity contribution is 5.80. The molecule has 4 rings (SSSR count). The van der Waals surface area contributed by atoms with E-state index in [1.54, 1.807) is 0 Å². The molecule has 4 nitrogen and oxygen atoms in total. The Balaban J connectivity index is 1.80. The van der Waals surface area contributed by atoms with Gasteiger partial charge in [0.05, 0.1) is 11.7 Å². The number of fused-ring (bicyclic) bond motifs is 1. The summed E-state index contributed by atoms with van der Waals surface area (Å²) in [5.41, 5.74) is 2.24. The van der Waals surface area contributed by atoms with Crippen molar-refractivity contribution in [1.82, 2.24) is 19.7 Å². The Kier molecular flexibility index (Phi) is 2.40. The largest absolute Gasteiger partial charge is 0.303 e. The molecule has 0 unspecified atom stereocenters. The Hall–Kier alpha value is -2.10. The minimum atomic E-state index is 0.618. The summed E-state index contributed by atoms with van der Waals surface area (Å²) in [4.78, 5) is 4.58. The second-order valence-corrected chi connectivity index (χ2v) is 5.28. The van der Waals surface area contributed by atoms with E-state index in [0.29, 0.717) is 5.92 Å². The smallest absolute Gasteiger partial charge is 0.116 e. The third-order valence-corrected chi connectivity index (χ3v) is 4.09. The van der Waals surface area contributed by atoms with Crippen molar-refractivity contribution >= 4 is 10.9 Å². The molecule has 0 spiro atoms. The lowest BCUT2D eigenvalue weighted by atomic mass is 10.1. The lowest BCUT2D eigenvalue weighted by Gasteiger charge is -2.12. The summed E-state index contributed by atoms with van der Waals surface area (Å²) >= 11 is 0. The molecule has 96 valence electrons. The number of hydrogen-bond donors (Lipinski definition) is 1. The molecule has 0 aliphatic heterocycles. The van der Waals surface area contributed by atoms with Crippen molar-refractivity contribution in [3.8, 4) is 5.69 Å². The van der Waals surface area contributed by atoms with Crippen LogP contribution in [0.1, 0.15) is 37.4 Å². The van der Waals surface area contributed by atoms with Crippen LogP contribution in [0.15, 0.2) is 36.8 Å². The molecule has 3 aromatic rings. The highest BCUT2D eigenvalue weighted by atomic mass is 15.1. The molecule has 0 radical (unpaired) electrons. The maximum atomic E-state index is 4.58. The summed E-state index contributed by atoms with van der Waals surface area (Å²) < 4.78 is 2.22. The fourth-order valence-electron chi connectivity index (χ4n) is 3.09. The highest BCUT2D eigenvalue weighted by Gasteiger charge is 2.21. The normalized spacial score (nSPS) is 16.4. The van der Waals surface area contributed by atoms with Crippen LogP contribution >= 0.6 is 0 Å². The van der Waals surface area contributed by atoms with Crippen molar-refractivity contribution < 1.29 is 0 Å². The Labute approximate surface area is 111 Å². The summed E-state index contributed by atoms with van der Waals surface area (Å²) in [6.45, 7) is 0. The number of rotatable bonds is 2. The van der Waals surface area contributed by atoms with Crippen LogP contribution in [0.3, 0.4) is 0 Å². The molecule has 1 aromatic carbocycles. The number of imidazole rings is 1. The maximum absolute atomic E-state index is 4.58. The lowest BCUT2D eigenvalue weighted by molar-refractivity contribution is 0.655. The Morgan fingerprint density at radius 1 is 1.21 bits per heavy atom. The number of aromatic nitrogens is 4. The molecular formula is C15H16N4. The van der Waals surface area contributed by atoms with E-state index in [2.05, 4.69) is 44.1 Å². The Bertz CT molecular complexity index is 704. The van der Waals surface area contributed by atoms with Gasteiger partial charge in [-0.2, -0.15) is 5.10 Å². The Morgan fingerprint density at radius 2 is 2.11 bits per heavy atom.